The Labute approximate surface area is 83.4 Å². The molecule has 62 valence electrons. The summed E-state index contributed by atoms with van der Waals surface area (Å²) in [4.78, 5) is 3.65. The summed E-state index contributed by atoms with van der Waals surface area (Å²) in [5.41, 5.74) is 1.10. The standard InChI is InChI=1S/C8H5BrFNS/c9-4-6-1-2-7(11-5-12)3-8(6)10/h1-3H,4H2. The molecular weight excluding hydrogens is 241 g/mol. The number of aliphatic imine (C=N–C) groups is 1. The van der Waals surface area contributed by atoms with Crippen molar-refractivity contribution in [1.82, 2.24) is 0 Å². The minimum atomic E-state index is -0.279. The number of rotatable bonds is 2. The van der Waals surface area contributed by atoms with Crippen LogP contribution in [0.1, 0.15) is 5.56 Å². The summed E-state index contributed by atoms with van der Waals surface area (Å²) in [6.45, 7) is 0. The first-order valence-electron chi connectivity index (χ1n) is 3.20. The van der Waals surface area contributed by atoms with Crippen LogP contribution in [-0.2, 0) is 5.33 Å². The van der Waals surface area contributed by atoms with Crippen LogP contribution in [0.4, 0.5) is 10.1 Å². The molecule has 0 aromatic heterocycles. The van der Waals surface area contributed by atoms with E-state index >= 15 is 0 Å². The molecular formula is C8H5BrFNS. The van der Waals surface area contributed by atoms with Crippen LogP contribution in [0.25, 0.3) is 0 Å². The SMILES string of the molecule is Fc1cc(N=C=S)ccc1CBr. The molecule has 0 saturated heterocycles. The maximum atomic E-state index is 13.0. The Kier molecular flexibility index (Phi) is 3.53. The highest BCUT2D eigenvalue weighted by Gasteiger charge is 2.00. The first-order valence-corrected chi connectivity index (χ1v) is 4.73. The van der Waals surface area contributed by atoms with E-state index in [4.69, 9.17) is 0 Å². The van der Waals surface area contributed by atoms with Gasteiger partial charge in [0.2, 0.25) is 0 Å². The topological polar surface area (TPSA) is 12.4 Å². The third-order valence-corrected chi connectivity index (χ3v) is 2.05. The molecule has 0 N–H and O–H groups in total. The summed E-state index contributed by atoms with van der Waals surface area (Å²) in [6.07, 6.45) is 0. The van der Waals surface area contributed by atoms with Crippen LogP contribution in [0, 0.1) is 5.82 Å². The van der Waals surface area contributed by atoms with Gasteiger partial charge in [-0.05, 0) is 23.8 Å². The smallest absolute Gasteiger partial charge is 0.129 e. The Morgan fingerprint density at radius 3 is 2.83 bits per heavy atom. The molecule has 1 aromatic carbocycles. The van der Waals surface area contributed by atoms with E-state index < -0.39 is 0 Å². The van der Waals surface area contributed by atoms with Gasteiger partial charge in [-0.15, -0.1) is 0 Å². The van der Waals surface area contributed by atoms with Crippen molar-refractivity contribution >= 4 is 39.0 Å². The van der Waals surface area contributed by atoms with E-state index in [0.717, 1.165) is 0 Å². The zero-order valence-electron chi connectivity index (χ0n) is 6.05. The number of alkyl halides is 1. The lowest BCUT2D eigenvalue weighted by Gasteiger charge is -1.97. The molecule has 0 radical (unpaired) electrons. The molecule has 0 saturated carbocycles. The van der Waals surface area contributed by atoms with Gasteiger partial charge in [-0.25, -0.2) is 4.39 Å². The van der Waals surface area contributed by atoms with Gasteiger partial charge in [-0.3, -0.25) is 0 Å². The molecule has 0 aliphatic carbocycles. The van der Waals surface area contributed by atoms with E-state index in [2.05, 4.69) is 38.3 Å². The molecule has 1 nitrogen and oxygen atoms in total. The third kappa shape index (κ3) is 2.21. The lowest BCUT2D eigenvalue weighted by atomic mass is 10.2. The van der Waals surface area contributed by atoms with Crippen molar-refractivity contribution in [3.63, 3.8) is 0 Å². The molecule has 0 aliphatic rings. The second-order valence-corrected chi connectivity index (χ2v) is 2.86. The van der Waals surface area contributed by atoms with Crippen LogP contribution in [0.3, 0.4) is 0 Å². The quantitative estimate of drug-likeness (QED) is 0.442. The van der Waals surface area contributed by atoms with Gasteiger partial charge in [0.05, 0.1) is 10.8 Å². The maximum Gasteiger partial charge on any atom is 0.129 e. The number of halogens is 2. The van der Waals surface area contributed by atoms with Crippen molar-refractivity contribution in [2.75, 3.05) is 0 Å². The number of hydrogen-bond donors (Lipinski definition) is 0. The molecule has 0 spiro atoms. The van der Waals surface area contributed by atoms with E-state index in [1.807, 2.05) is 0 Å². The van der Waals surface area contributed by atoms with Crippen LogP contribution in [0.15, 0.2) is 23.2 Å². The van der Waals surface area contributed by atoms with Gasteiger partial charge < -0.3 is 0 Å². The summed E-state index contributed by atoms with van der Waals surface area (Å²) >= 11 is 7.56. The Balaban J connectivity index is 3.09. The van der Waals surface area contributed by atoms with Crippen molar-refractivity contribution in [2.45, 2.75) is 5.33 Å². The number of benzene rings is 1. The van der Waals surface area contributed by atoms with E-state index in [0.29, 0.717) is 16.6 Å². The summed E-state index contributed by atoms with van der Waals surface area (Å²) < 4.78 is 13.0. The van der Waals surface area contributed by atoms with Crippen LogP contribution in [-0.4, -0.2) is 5.16 Å². The monoisotopic (exact) mass is 245 g/mol. The first kappa shape index (κ1) is 9.52. The van der Waals surface area contributed by atoms with Gasteiger partial charge in [0, 0.05) is 11.4 Å². The average Bonchev–Trinajstić information content (AvgIpc) is 2.05. The van der Waals surface area contributed by atoms with Crippen LogP contribution < -0.4 is 0 Å². The maximum absolute atomic E-state index is 13.0. The molecule has 0 heterocycles. The molecule has 0 unspecified atom stereocenters. The molecule has 0 amide bonds. The van der Waals surface area contributed by atoms with E-state index in [9.17, 15) is 4.39 Å². The highest BCUT2D eigenvalue weighted by atomic mass is 79.9. The fraction of sp³-hybridized carbons (Fsp3) is 0.125. The molecule has 0 bridgehead atoms. The fourth-order valence-corrected chi connectivity index (χ4v) is 1.33. The molecule has 1 aromatic rings. The fourth-order valence-electron chi connectivity index (χ4n) is 0.767. The Morgan fingerprint density at radius 1 is 1.58 bits per heavy atom. The van der Waals surface area contributed by atoms with Crippen LogP contribution in [0.5, 0.6) is 0 Å². The number of nitrogens with zero attached hydrogens (tertiary/aromatic N) is 1. The first-order chi connectivity index (χ1) is 5.77. The number of isothiocyanates is 1. The van der Waals surface area contributed by atoms with Crippen LogP contribution in [0.2, 0.25) is 0 Å². The average molecular weight is 246 g/mol. The second kappa shape index (κ2) is 4.45. The molecule has 1 rings (SSSR count). The number of hydrogen-bond acceptors (Lipinski definition) is 2. The second-order valence-electron chi connectivity index (χ2n) is 2.11. The van der Waals surface area contributed by atoms with E-state index in [1.54, 1.807) is 12.1 Å². The van der Waals surface area contributed by atoms with Gasteiger partial charge in [-0.1, -0.05) is 22.0 Å². The lowest BCUT2D eigenvalue weighted by molar-refractivity contribution is 0.618. The van der Waals surface area contributed by atoms with Crippen molar-refractivity contribution < 1.29 is 4.39 Å². The van der Waals surface area contributed by atoms with Crippen molar-refractivity contribution in [3.8, 4) is 0 Å². The molecule has 12 heavy (non-hydrogen) atoms. The minimum absolute atomic E-state index is 0.279. The summed E-state index contributed by atoms with van der Waals surface area (Å²) in [6, 6.07) is 4.68. The molecule has 0 fully saturated rings. The highest BCUT2D eigenvalue weighted by Crippen LogP contribution is 2.18. The van der Waals surface area contributed by atoms with Gasteiger partial charge in [0.25, 0.3) is 0 Å². The normalized spacial score (nSPS) is 9.17. The predicted octanol–water partition coefficient (Wildman–Crippen LogP) is 3.45. The Hall–Kier alpha value is -0.570. The van der Waals surface area contributed by atoms with E-state index in [-0.39, 0.29) is 5.82 Å². The zero-order valence-corrected chi connectivity index (χ0v) is 8.45. The Morgan fingerprint density at radius 2 is 2.33 bits per heavy atom. The number of thiocarbonyl (C=S) groups is 1. The molecule has 0 atom stereocenters. The van der Waals surface area contributed by atoms with Crippen LogP contribution >= 0.6 is 28.1 Å². The largest absolute Gasteiger partial charge is 0.207 e. The van der Waals surface area contributed by atoms with Gasteiger partial charge in [0.1, 0.15) is 5.82 Å². The summed E-state index contributed by atoms with van der Waals surface area (Å²) in [5.74, 6) is -0.279. The zero-order chi connectivity index (χ0) is 8.97. The van der Waals surface area contributed by atoms with E-state index in [1.165, 1.54) is 6.07 Å². The summed E-state index contributed by atoms with van der Waals surface area (Å²) in [7, 11) is 0. The molecule has 0 aliphatic heterocycles. The van der Waals surface area contributed by atoms with Gasteiger partial charge in [-0.2, -0.15) is 4.99 Å². The van der Waals surface area contributed by atoms with Gasteiger partial charge in [0.15, 0.2) is 0 Å². The predicted molar refractivity (Wildman–Crippen MR) is 53.7 cm³/mol. The lowest BCUT2D eigenvalue weighted by Crippen LogP contribution is -1.83. The van der Waals surface area contributed by atoms with Crippen molar-refractivity contribution in [1.29, 1.82) is 0 Å². The van der Waals surface area contributed by atoms with Crippen molar-refractivity contribution in [3.05, 3.63) is 29.6 Å². The highest BCUT2D eigenvalue weighted by molar-refractivity contribution is 9.08. The van der Waals surface area contributed by atoms with Gasteiger partial charge >= 0.3 is 0 Å². The Bertz CT molecular complexity index is 334. The molecule has 4 heteroatoms. The third-order valence-electron chi connectivity index (χ3n) is 1.36. The van der Waals surface area contributed by atoms with Crippen molar-refractivity contribution in [2.24, 2.45) is 4.99 Å². The minimum Gasteiger partial charge on any atom is -0.207 e. The summed E-state index contributed by atoms with van der Waals surface area (Å²) in [5, 5.41) is 2.68.